The number of alkyl halides is 6. The lowest BCUT2D eigenvalue weighted by Crippen LogP contribution is -2.35. The summed E-state index contributed by atoms with van der Waals surface area (Å²) >= 11 is 0. The number of carbonyl (C=O) groups is 2. The summed E-state index contributed by atoms with van der Waals surface area (Å²) in [5.41, 5.74) is 7.66. The normalized spacial score (nSPS) is 12.2. The lowest BCUT2D eigenvalue weighted by molar-refractivity contribution is -0.274. The van der Waals surface area contributed by atoms with E-state index in [4.69, 9.17) is 10.2 Å². The quantitative estimate of drug-likeness (QED) is 0.161. The van der Waals surface area contributed by atoms with E-state index in [2.05, 4.69) is 14.8 Å². The van der Waals surface area contributed by atoms with Crippen LogP contribution in [0.3, 0.4) is 0 Å². The molecule has 0 radical (unpaired) electrons. The summed E-state index contributed by atoms with van der Waals surface area (Å²) in [5.74, 6) is -1.62. The van der Waals surface area contributed by atoms with E-state index in [0.717, 1.165) is 12.1 Å². The van der Waals surface area contributed by atoms with Crippen molar-refractivity contribution in [2.24, 2.45) is 5.73 Å². The van der Waals surface area contributed by atoms with Crippen LogP contribution in [-0.4, -0.2) is 45.7 Å². The Morgan fingerprint density at radius 2 is 1.58 bits per heavy atom. The van der Waals surface area contributed by atoms with Crippen molar-refractivity contribution in [2.45, 2.75) is 38.7 Å². The smallest absolute Gasteiger partial charge is 0.440 e. The Balaban J connectivity index is 1.64. The second kappa shape index (κ2) is 12.5. The molecule has 5 rings (SSSR count). The SMILES string of the molecule is Cc1nc(-c2ccc(OC(F)(F)F)cc2)c(-c2cc(-c3cccc(C(C)(C)C(N)=O)c3)ccc2-n2ccc(C(=O)NCC(F)(F)F)n2)o1. The summed E-state index contributed by atoms with van der Waals surface area (Å²) in [4.78, 5) is 29.0. The molecule has 5 aromatic rings. The molecule has 0 saturated carbocycles. The predicted octanol–water partition coefficient (Wildman–Crippen LogP) is 7.12. The van der Waals surface area contributed by atoms with Gasteiger partial charge >= 0.3 is 12.5 Å². The number of hydrogen-bond acceptors (Lipinski definition) is 6. The summed E-state index contributed by atoms with van der Waals surface area (Å²) in [6.07, 6.45) is -8.13. The minimum atomic E-state index is -4.89. The molecule has 3 N–H and O–H groups in total. The molecular weight excluding hydrogens is 644 g/mol. The Morgan fingerprint density at radius 3 is 2.23 bits per heavy atom. The van der Waals surface area contributed by atoms with Gasteiger partial charge in [0.1, 0.15) is 18.0 Å². The molecule has 0 unspecified atom stereocenters. The number of nitrogens with zero attached hydrogens (tertiary/aromatic N) is 3. The predicted molar refractivity (Wildman–Crippen MR) is 162 cm³/mol. The Hall–Kier alpha value is -5.60. The van der Waals surface area contributed by atoms with Gasteiger partial charge in [-0.1, -0.05) is 30.3 Å². The van der Waals surface area contributed by atoms with E-state index in [1.165, 1.54) is 29.1 Å². The van der Waals surface area contributed by atoms with Crippen molar-refractivity contribution in [3.05, 3.63) is 96.1 Å². The van der Waals surface area contributed by atoms with E-state index in [0.29, 0.717) is 33.5 Å². The molecular formula is C33H27F6N5O4. The lowest BCUT2D eigenvalue weighted by Gasteiger charge is -2.22. The highest BCUT2D eigenvalue weighted by molar-refractivity contribution is 5.92. The number of aryl methyl sites for hydroxylation is 1. The Kier molecular flexibility index (Phi) is 8.82. The van der Waals surface area contributed by atoms with Crippen molar-refractivity contribution < 1.29 is 45.1 Å². The molecule has 0 aliphatic carbocycles. The lowest BCUT2D eigenvalue weighted by atomic mass is 9.82. The topological polar surface area (TPSA) is 125 Å². The highest BCUT2D eigenvalue weighted by atomic mass is 19.4. The molecule has 2 aromatic heterocycles. The van der Waals surface area contributed by atoms with Crippen LogP contribution in [0.1, 0.15) is 35.8 Å². The van der Waals surface area contributed by atoms with Gasteiger partial charge in [0.15, 0.2) is 17.3 Å². The first kappa shape index (κ1) is 33.8. The molecule has 15 heteroatoms. The fraction of sp³-hybridized carbons (Fsp3) is 0.212. The Morgan fingerprint density at radius 1 is 0.917 bits per heavy atom. The minimum Gasteiger partial charge on any atom is -0.440 e. The average molecular weight is 672 g/mol. The number of amides is 2. The third kappa shape index (κ3) is 7.51. The average Bonchev–Trinajstić information content (AvgIpc) is 3.66. The number of rotatable bonds is 9. The number of halogens is 6. The molecule has 0 aliphatic rings. The van der Waals surface area contributed by atoms with Crippen LogP contribution in [0, 0.1) is 6.92 Å². The number of nitrogens with one attached hydrogen (secondary N) is 1. The fourth-order valence-corrected chi connectivity index (χ4v) is 4.80. The number of ether oxygens (including phenoxy) is 1. The van der Waals surface area contributed by atoms with Crippen LogP contribution in [0.25, 0.3) is 39.4 Å². The largest absolute Gasteiger partial charge is 0.573 e. The molecule has 250 valence electrons. The Bertz CT molecular complexity index is 1980. The van der Waals surface area contributed by atoms with Crippen LogP contribution >= 0.6 is 0 Å². The van der Waals surface area contributed by atoms with Crippen LogP contribution in [0.5, 0.6) is 5.75 Å². The first-order chi connectivity index (χ1) is 22.4. The second-order valence-corrected chi connectivity index (χ2v) is 11.2. The van der Waals surface area contributed by atoms with Gasteiger partial charge in [0.05, 0.1) is 11.1 Å². The maximum atomic E-state index is 12.8. The number of aromatic nitrogens is 3. The van der Waals surface area contributed by atoms with Gasteiger partial charge in [-0.2, -0.15) is 18.3 Å². The van der Waals surface area contributed by atoms with Crippen LogP contribution in [0.2, 0.25) is 0 Å². The van der Waals surface area contributed by atoms with Crippen LogP contribution in [0.15, 0.2) is 83.4 Å². The van der Waals surface area contributed by atoms with Crippen LogP contribution in [0.4, 0.5) is 26.3 Å². The van der Waals surface area contributed by atoms with Crippen molar-refractivity contribution >= 4 is 11.8 Å². The molecule has 0 fully saturated rings. The minimum absolute atomic E-state index is 0.182. The van der Waals surface area contributed by atoms with E-state index in [1.54, 1.807) is 62.5 Å². The standard InChI is InChI=1S/C33H27F6N5O4/c1-18-42-27(19-7-10-23(11-8-19)48-33(37,38)39)28(47-18)24-16-21(20-5-4-6-22(15-20)31(2,3)30(40)46)9-12-26(24)44-14-13-25(43-44)29(45)41-17-32(34,35)36/h4-16H,17H2,1-3H3,(H2,40,46)(H,41,45). The van der Waals surface area contributed by atoms with E-state index >= 15 is 0 Å². The van der Waals surface area contributed by atoms with Gasteiger partial charge < -0.3 is 20.2 Å². The van der Waals surface area contributed by atoms with E-state index < -0.39 is 42.1 Å². The van der Waals surface area contributed by atoms with Gasteiger partial charge in [-0.25, -0.2) is 9.67 Å². The molecule has 9 nitrogen and oxygen atoms in total. The molecule has 2 amide bonds. The van der Waals surface area contributed by atoms with Gasteiger partial charge in [-0.15, -0.1) is 13.2 Å². The van der Waals surface area contributed by atoms with Gasteiger partial charge in [0.25, 0.3) is 5.91 Å². The van der Waals surface area contributed by atoms with E-state index in [1.807, 2.05) is 6.07 Å². The first-order valence-electron chi connectivity index (χ1n) is 14.2. The second-order valence-electron chi connectivity index (χ2n) is 11.2. The zero-order valence-electron chi connectivity index (χ0n) is 25.5. The monoisotopic (exact) mass is 671 g/mol. The van der Waals surface area contributed by atoms with E-state index in [9.17, 15) is 35.9 Å². The van der Waals surface area contributed by atoms with Crippen molar-refractivity contribution in [3.63, 3.8) is 0 Å². The van der Waals surface area contributed by atoms with Gasteiger partial charge in [0, 0.05) is 24.2 Å². The molecule has 0 bridgehead atoms. The van der Waals surface area contributed by atoms with Crippen molar-refractivity contribution in [3.8, 4) is 45.1 Å². The summed E-state index contributed by atoms with van der Waals surface area (Å²) in [6, 6.07) is 18.5. The summed E-state index contributed by atoms with van der Waals surface area (Å²) in [5, 5.41) is 5.97. The molecule has 48 heavy (non-hydrogen) atoms. The number of hydrogen-bond donors (Lipinski definition) is 2. The third-order valence-corrected chi connectivity index (χ3v) is 7.39. The molecule has 0 spiro atoms. The molecule has 2 heterocycles. The molecule has 0 aliphatic heterocycles. The highest BCUT2D eigenvalue weighted by Crippen LogP contribution is 2.39. The van der Waals surface area contributed by atoms with Gasteiger partial charge in [-0.3, -0.25) is 9.59 Å². The van der Waals surface area contributed by atoms with Crippen molar-refractivity contribution in [1.82, 2.24) is 20.1 Å². The summed E-state index contributed by atoms with van der Waals surface area (Å²) < 4.78 is 87.6. The number of benzene rings is 3. The fourth-order valence-electron chi connectivity index (χ4n) is 4.80. The molecule has 0 saturated heterocycles. The van der Waals surface area contributed by atoms with Crippen molar-refractivity contribution in [1.29, 1.82) is 0 Å². The van der Waals surface area contributed by atoms with Crippen LogP contribution < -0.4 is 15.8 Å². The first-order valence-corrected chi connectivity index (χ1v) is 14.2. The number of oxazole rings is 1. The van der Waals surface area contributed by atoms with Crippen LogP contribution in [-0.2, 0) is 10.2 Å². The summed E-state index contributed by atoms with van der Waals surface area (Å²) in [6.45, 7) is 3.41. The zero-order valence-corrected chi connectivity index (χ0v) is 25.5. The third-order valence-electron chi connectivity index (χ3n) is 7.39. The maximum absolute atomic E-state index is 12.8. The number of carbonyl (C=O) groups excluding carboxylic acids is 2. The highest BCUT2D eigenvalue weighted by Gasteiger charge is 2.32. The maximum Gasteiger partial charge on any atom is 0.573 e. The number of primary amides is 1. The van der Waals surface area contributed by atoms with Gasteiger partial charge in [0.2, 0.25) is 5.91 Å². The van der Waals surface area contributed by atoms with Gasteiger partial charge in [-0.05, 0) is 73.0 Å². The number of nitrogens with two attached hydrogens (primary N) is 1. The van der Waals surface area contributed by atoms with Crippen molar-refractivity contribution in [2.75, 3.05) is 6.54 Å². The molecule has 3 aromatic carbocycles. The zero-order chi connectivity index (χ0) is 35.0. The molecule has 0 atom stereocenters. The van der Waals surface area contributed by atoms with E-state index in [-0.39, 0.29) is 23.0 Å². The Labute approximate surface area is 269 Å². The summed E-state index contributed by atoms with van der Waals surface area (Å²) in [7, 11) is 0.